The van der Waals surface area contributed by atoms with Gasteiger partial charge in [-0.1, -0.05) is 32.4 Å². The molecule has 0 fully saturated rings. The zero-order valence-corrected chi connectivity index (χ0v) is 11.7. The van der Waals surface area contributed by atoms with Gasteiger partial charge in [-0.25, -0.2) is 9.97 Å². The van der Waals surface area contributed by atoms with E-state index in [1.807, 2.05) is 6.07 Å². The minimum atomic E-state index is 0.561. The second kappa shape index (κ2) is 7.13. The van der Waals surface area contributed by atoms with Gasteiger partial charge in [-0.05, 0) is 24.5 Å². The normalized spacial score (nSPS) is 11.1. The molecule has 1 heterocycles. The molecule has 0 radical (unpaired) electrons. The van der Waals surface area contributed by atoms with Crippen LogP contribution in [0.15, 0.2) is 11.1 Å². The number of rotatable bonds is 6. The first kappa shape index (κ1) is 13.8. The number of nitrogens with zero attached hydrogens (tertiary/aromatic N) is 2. The Morgan fingerprint density at radius 2 is 2.12 bits per heavy atom. The monoisotopic (exact) mass is 258 g/mol. The number of hydrogen-bond acceptors (Lipinski definition) is 3. The molecule has 0 atom stereocenters. The van der Waals surface area contributed by atoms with Crippen LogP contribution in [-0.4, -0.2) is 15.7 Å². The van der Waals surface area contributed by atoms with Gasteiger partial charge in [-0.3, -0.25) is 0 Å². The predicted molar refractivity (Wildman–Crippen MR) is 71.2 cm³/mol. The molecule has 1 aromatic rings. The maximum atomic E-state index is 5.96. The van der Waals surface area contributed by atoms with E-state index in [0.717, 1.165) is 35.4 Å². The fourth-order valence-corrected chi connectivity index (χ4v) is 2.68. The number of aromatic nitrogens is 2. The lowest BCUT2D eigenvalue weighted by atomic mass is 10.2. The molecule has 0 spiro atoms. The van der Waals surface area contributed by atoms with Gasteiger partial charge in [0.05, 0.1) is 0 Å². The molecule has 0 unspecified atom stereocenters. The van der Waals surface area contributed by atoms with Crippen LogP contribution in [0.1, 0.15) is 39.4 Å². The van der Waals surface area contributed by atoms with Crippen LogP contribution in [0.3, 0.4) is 0 Å². The highest BCUT2D eigenvalue weighted by atomic mass is 35.5. The van der Waals surface area contributed by atoms with Gasteiger partial charge >= 0.3 is 0 Å². The summed E-state index contributed by atoms with van der Waals surface area (Å²) in [4.78, 5) is 8.70. The van der Waals surface area contributed by atoms with Crippen LogP contribution in [0.2, 0.25) is 5.15 Å². The summed E-state index contributed by atoms with van der Waals surface area (Å²) in [6, 6.07) is 1.85. The Hall–Kier alpha value is -0.280. The molecule has 0 saturated carbocycles. The van der Waals surface area contributed by atoms with Crippen LogP contribution in [0.5, 0.6) is 0 Å². The first-order chi connectivity index (χ1) is 7.61. The third-order valence-electron chi connectivity index (χ3n) is 2.14. The third-order valence-corrected chi connectivity index (χ3v) is 3.27. The summed E-state index contributed by atoms with van der Waals surface area (Å²) in [5.41, 5.74) is 0. The standard InChI is InChI=1S/C12H19ClN2S/c1-4-5-11-14-10(13)8-12(15-11)16-7-6-9(2)3/h8-9H,4-7H2,1-3H3. The van der Waals surface area contributed by atoms with E-state index >= 15 is 0 Å². The van der Waals surface area contributed by atoms with Crippen molar-refractivity contribution in [3.63, 3.8) is 0 Å². The van der Waals surface area contributed by atoms with Crippen molar-refractivity contribution in [3.05, 3.63) is 17.0 Å². The summed E-state index contributed by atoms with van der Waals surface area (Å²) >= 11 is 7.73. The van der Waals surface area contributed by atoms with Crippen molar-refractivity contribution in [1.82, 2.24) is 9.97 Å². The molecule has 16 heavy (non-hydrogen) atoms. The van der Waals surface area contributed by atoms with Crippen LogP contribution in [0, 0.1) is 5.92 Å². The molecule has 0 bridgehead atoms. The van der Waals surface area contributed by atoms with Gasteiger partial charge in [0.25, 0.3) is 0 Å². The maximum Gasteiger partial charge on any atom is 0.133 e. The summed E-state index contributed by atoms with van der Waals surface area (Å²) in [6.07, 6.45) is 3.16. The van der Waals surface area contributed by atoms with Crippen molar-refractivity contribution in [2.75, 3.05) is 5.75 Å². The van der Waals surface area contributed by atoms with Crippen LogP contribution >= 0.6 is 23.4 Å². The third kappa shape index (κ3) is 5.17. The molecule has 0 N–H and O–H groups in total. The van der Waals surface area contributed by atoms with Gasteiger partial charge in [-0.15, -0.1) is 11.8 Å². The highest BCUT2D eigenvalue weighted by Gasteiger charge is 2.04. The van der Waals surface area contributed by atoms with Gasteiger partial charge in [0, 0.05) is 12.5 Å². The minimum Gasteiger partial charge on any atom is -0.226 e. The Balaban J connectivity index is 2.58. The average Bonchev–Trinajstić information content (AvgIpc) is 2.16. The number of hydrogen-bond donors (Lipinski definition) is 0. The second-order valence-corrected chi connectivity index (χ2v) is 5.73. The second-order valence-electron chi connectivity index (χ2n) is 4.23. The van der Waals surface area contributed by atoms with Gasteiger partial charge in [0.2, 0.25) is 0 Å². The summed E-state index contributed by atoms with van der Waals surface area (Å²) in [7, 11) is 0. The van der Waals surface area contributed by atoms with Crippen molar-refractivity contribution in [2.45, 2.75) is 45.1 Å². The molecule has 4 heteroatoms. The van der Waals surface area contributed by atoms with E-state index in [1.54, 1.807) is 11.8 Å². The Morgan fingerprint density at radius 3 is 2.75 bits per heavy atom. The molecule has 90 valence electrons. The Labute approximate surface area is 107 Å². The van der Waals surface area contributed by atoms with Crippen molar-refractivity contribution in [1.29, 1.82) is 0 Å². The predicted octanol–water partition coefficient (Wildman–Crippen LogP) is 4.22. The largest absolute Gasteiger partial charge is 0.226 e. The van der Waals surface area contributed by atoms with Crippen molar-refractivity contribution >= 4 is 23.4 Å². The fraction of sp³-hybridized carbons (Fsp3) is 0.667. The molecule has 0 amide bonds. The van der Waals surface area contributed by atoms with Crippen LogP contribution in [-0.2, 0) is 6.42 Å². The summed E-state index contributed by atoms with van der Waals surface area (Å²) < 4.78 is 0. The lowest BCUT2D eigenvalue weighted by molar-refractivity contribution is 0.631. The first-order valence-electron chi connectivity index (χ1n) is 5.78. The highest BCUT2D eigenvalue weighted by Crippen LogP contribution is 2.21. The molecule has 1 aromatic heterocycles. The molecular weight excluding hydrogens is 240 g/mol. The van der Waals surface area contributed by atoms with Gasteiger partial charge in [-0.2, -0.15) is 0 Å². The number of aryl methyl sites for hydroxylation is 1. The first-order valence-corrected chi connectivity index (χ1v) is 7.14. The Kier molecular flexibility index (Phi) is 6.14. The molecule has 2 nitrogen and oxygen atoms in total. The molecule has 1 rings (SSSR count). The van der Waals surface area contributed by atoms with Crippen molar-refractivity contribution in [3.8, 4) is 0 Å². The smallest absolute Gasteiger partial charge is 0.133 e. The summed E-state index contributed by atoms with van der Waals surface area (Å²) in [6.45, 7) is 6.59. The Bertz CT molecular complexity index is 329. The zero-order chi connectivity index (χ0) is 12.0. The van der Waals surface area contributed by atoms with E-state index in [1.165, 1.54) is 6.42 Å². The lowest BCUT2D eigenvalue weighted by Gasteiger charge is -2.05. The van der Waals surface area contributed by atoms with E-state index in [-0.39, 0.29) is 0 Å². The molecule has 0 aliphatic heterocycles. The lowest BCUT2D eigenvalue weighted by Crippen LogP contribution is -1.97. The molecule has 0 aliphatic carbocycles. The molecule has 0 aromatic carbocycles. The fourth-order valence-electron chi connectivity index (χ4n) is 1.25. The number of thioether (sulfide) groups is 1. The van der Waals surface area contributed by atoms with Crippen LogP contribution in [0.4, 0.5) is 0 Å². The quantitative estimate of drug-likeness (QED) is 0.564. The topological polar surface area (TPSA) is 25.8 Å². The van der Waals surface area contributed by atoms with Crippen LogP contribution in [0.25, 0.3) is 0 Å². The average molecular weight is 259 g/mol. The van der Waals surface area contributed by atoms with Crippen molar-refractivity contribution < 1.29 is 0 Å². The number of halogens is 1. The van der Waals surface area contributed by atoms with Gasteiger partial charge in [0.1, 0.15) is 16.0 Å². The summed E-state index contributed by atoms with van der Waals surface area (Å²) in [5, 5.41) is 1.56. The van der Waals surface area contributed by atoms with Crippen molar-refractivity contribution in [2.24, 2.45) is 5.92 Å². The molecular formula is C12H19ClN2S. The molecule has 0 saturated heterocycles. The van der Waals surface area contributed by atoms with E-state index in [2.05, 4.69) is 30.7 Å². The summed E-state index contributed by atoms with van der Waals surface area (Å²) in [5.74, 6) is 2.69. The molecule has 0 aliphatic rings. The van der Waals surface area contributed by atoms with Crippen LogP contribution < -0.4 is 0 Å². The van der Waals surface area contributed by atoms with E-state index in [0.29, 0.717) is 5.15 Å². The minimum absolute atomic E-state index is 0.561. The Morgan fingerprint density at radius 1 is 1.38 bits per heavy atom. The SMILES string of the molecule is CCCc1nc(Cl)cc(SCCC(C)C)n1. The van der Waals surface area contributed by atoms with Gasteiger partial charge in [0.15, 0.2) is 0 Å². The highest BCUT2D eigenvalue weighted by molar-refractivity contribution is 7.99. The zero-order valence-electron chi connectivity index (χ0n) is 10.2. The van der Waals surface area contributed by atoms with E-state index in [9.17, 15) is 0 Å². The maximum absolute atomic E-state index is 5.96. The van der Waals surface area contributed by atoms with E-state index in [4.69, 9.17) is 11.6 Å². The van der Waals surface area contributed by atoms with E-state index < -0.39 is 0 Å². The van der Waals surface area contributed by atoms with Gasteiger partial charge < -0.3 is 0 Å².